The summed E-state index contributed by atoms with van der Waals surface area (Å²) in [4.78, 5) is 6.13. The van der Waals surface area contributed by atoms with Crippen molar-refractivity contribution >= 4 is 32.2 Å². The summed E-state index contributed by atoms with van der Waals surface area (Å²) in [5.41, 5.74) is 8.81. The van der Waals surface area contributed by atoms with Crippen LogP contribution in [0.3, 0.4) is 0 Å². The fourth-order valence-electron chi connectivity index (χ4n) is 5.23. The van der Waals surface area contributed by atoms with Gasteiger partial charge in [-0.1, -0.05) is 93.6 Å². The van der Waals surface area contributed by atoms with Gasteiger partial charge in [0.1, 0.15) is 0 Å². The average molecular weight is 498 g/mol. The first kappa shape index (κ1) is 23.6. The van der Waals surface area contributed by atoms with Gasteiger partial charge in [0.25, 0.3) is 0 Å². The normalized spacial score (nSPS) is 11.9. The molecule has 6 rings (SSSR count). The van der Waals surface area contributed by atoms with E-state index in [1.165, 1.54) is 59.1 Å². The van der Waals surface area contributed by atoms with Gasteiger partial charge in [0.05, 0.1) is 5.69 Å². The zero-order chi connectivity index (χ0) is 25.6. The third-order valence-electron chi connectivity index (χ3n) is 6.93. The summed E-state index contributed by atoms with van der Waals surface area (Å²) in [6.45, 7) is 9.05. The number of pyridine rings is 1. The van der Waals surface area contributed by atoms with E-state index in [4.69, 9.17) is 4.98 Å². The highest BCUT2D eigenvalue weighted by atomic mass is 32.1. The van der Waals surface area contributed by atoms with Crippen LogP contribution >= 0.6 is 11.3 Å². The molecule has 4 aromatic carbocycles. The fourth-order valence-corrected chi connectivity index (χ4v) is 6.28. The molecule has 0 radical (unpaired) electrons. The third kappa shape index (κ3) is 4.82. The van der Waals surface area contributed by atoms with E-state index in [0.717, 1.165) is 12.1 Å². The van der Waals surface area contributed by atoms with Crippen LogP contribution in [0.5, 0.6) is 0 Å². The van der Waals surface area contributed by atoms with E-state index in [1.807, 2.05) is 17.5 Å². The maximum atomic E-state index is 4.81. The van der Waals surface area contributed by atoms with Crippen molar-refractivity contribution in [2.45, 2.75) is 34.1 Å². The average Bonchev–Trinajstić information content (AvgIpc) is 3.29. The standard InChI is InChI=1S/C35H31NS/c1-23-19-31-30-8-6-5-7-29(30)20-32(34(31)37-23)33-21-28(17-18-36-33)27-15-13-26(14-16-27)25-11-9-24(10-12-25)22-35(2,3)4/h5-21H,22H2,1-4H3. The van der Waals surface area contributed by atoms with Crippen LogP contribution in [-0.4, -0.2) is 4.98 Å². The Morgan fingerprint density at radius 1 is 0.676 bits per heavy atom. The van der Waals surface area contributed by atoms with Gasteiger partial charge in [0.15, 0.2) is 0 Å². The smallest absolute Gasteiger partial charge is 0.0722 e. The monoisotopic (exact) mass is 497 g/mol. The zero-order valence-corrected chi connectivity index (χ0v) is 22.7. The van der Waals surface area contributed by atoms with Gasteiger partial charge < -0.3 is 0 Å². The second-order valence-corrected chi connectivity index (χ2v) is 12.4. The van der Waals surface area contributed by atoms with Crippen LogP contribution in [0.4, 0.5) is 0 Å². The highest BCUT2D eigenvalue weighted by Crippen LogP contribution is 2.40. The van der Waals surface area contributed by atoms with E-state index in [1.54, 1.807) is 0 Å². The Bertz CT molecular complexity index is 1710. The molecule has 0 saturated carbocycles. The molecule has 37 heavy (non-hydrogen) atoms. The minimum Gasteiger partial charge on any atom is -0.256 e. The van der Waals surface area contributed by atoms with Crippen LogP contribution in [0.2, 0.25) is 0 Å². The predicted molar refractivity (Wildman–Crippen MR) is 161 cm³/mol. The van der Waals surface area contributed by atoms with E-state index < -0.39 is 0 Å². The largest absolute Gasteiger partial charge is 0.256 e. The van der Waals surface area contributed by atoms with Crippen molar-refractivity contribution in [2.75, 3.05) is 0 Å². The molecule has 182 valence electrons. The lowest BCUT2D eigenvalue weighted by atomic mass is 9.87. The van der Waals surface area contributed by atoms with Crippen LogP contribution in [-0.2, 0) is 6.42 Å². The minimum absolute atomic E-state index is 0.299. The zero-order valence-electron chi connectivity index (χ0n) is 21.9. The molecule has 0 amide bonds. The maximum absolute atomic E-state index is 4.81. The van der Waals surface area contributed by atoms with E-state index in [2.05, 4.69) is 125 Å². The molecule has 0 aliphatic carbocycles. The third-order valence-corrected chi connectivity index (χ3v) is 8.01. The second kappa shape index (κ2) is 9.28. The number of hydrogen-bond acceptors (Lipinski definition) is 2. The molecule has 0 spiro atoms. The van der Waals surface area contributed by atoms with Crippen LogP contribution in [0.1, 0.15) is 31.2 Å². The van der Waals surface area contributed by atoms with Crippen molar-refractivity contribution in [3.63, 3.8) is 0 Å². The number of benzene rings is 4. The van der Waals surface area contributed by atoms with Crippen molar-refractivity contribution in [1.82, 2.24) is 4.98 Å². The summed E-state index contributed by atoms with van der Waals surface area (Å²) in [7, 11) is 0. The number of nitrogens with zero attached hydrogens (tertiary/aromatic N) is 1. The number of hydrogen-bond donors (Lipinski definition) is 0. The topological polar surface area (TPSA) is 12.9 Å². The Balaban J connectivity index is 1.33. The Morgan fingerprint density at radius 3 is 2.03 bits per heavy atom. The molecular weight excluding hydrogens is 466 g/mol. The Hall–Kier alpha value is -3.75. The fraction of sp³-hybridized carbons (Fsp3) is 0.171. The first-order valence-electron chi connectivity index (χ1n) is 12.9. The number of aryl methyl sites for hydroxylation is 1. The lowest BCUT2D eigenvalue weighted by molar-refractivity contribution is 0.411. The second-order valence-electron chi connectivity index (χ2n) is 11.2. The van der Waals surface area contributed by atoms with Crippen LogP contribution in [0.25, 0.3) is 54.4 Å². The molecule has 0 unspecified atom stereocenters. The van der Waals surface area contributed by atoms with Crippen molar-refractivity contribution in [1.29, 1.82) is 0 Å². The van der Waals surface area contributed by atoms with Crippen LogP contribution < -0.4 is 0 Å². The lowest BCUT2D eigenvalue weighted by Crippen LogP contribution is -2.08. The first-order chi connectivity index (χ1) is 17.8. The van der Waals surface area contributed by atoms with Gasteiger partial charge in [0, 0.05) is 26.7 Å². The molecule has 0 atom stereocenters. The van der Waals surface area contributed by atoms with Crippen molar-refractivity contribution in [3.05, 3.63) is 114 Å². The Labute approximate surface area is 223 Å². The van der Waals surface area contributed by atoms with Gasteiger partial charge in [-0.25, -0.2) is 0 Å². The van der Waals surface area contributed by atoms with Crippen LogP contribution in [0, 0.1) is 12.3 Å². The molecule has 6 aromatic rings. The van der Waals surface area contributed by atoms with E-state index in [9.17, 15) is 0 Å². The molecule has 2 aromatic heterocycles. The molecule has 2 heteroatoms. The summed E-state index contributed by atoms with van der Waals surface area (Å²) in [5.74, 6) is 0. The lowest BCUT2D eigenvalue weighted by Gasteiger charge is -2.18. The van der Waals surface area contributed by atoms with Gasteiger partial charge in [0.2, 0.25) is 0 Å². The van der Waals surface area contributed by atoms with Gasteiger partial charge in [-0.2, -0.15) is 0 Å². The van der Waals surface area contributed by atoms with Crippen molar-refractivity contribution in [3.8, 4) is 33.5 Å². The SMILES string of the molecule is Cc1cc2c(s1)c(-c1cc(-c3ccc(-c4ccc(CC(C)(C)C)cc4)cc3)ccn1)cc1ccccc12. The molecule has 0 N–H and O–H groups in total. The van der Waals surface area contributed by atoms with Crippen molar-refractivity contribution < 1.29 is 0 Å². The summed E-state index contributed by atoms with van der Waals surface area (Å²) in [6.07, 6.45) is 3.03. The Morgan fingerprint density at radius 2 is 1.32 bits per heavy atom. The van der Waals surface area contributed by atoms with Crippen LogP contribution in [0.15, 0.2) is 103 Å². The molecule has 0 bridgehead atoms. The predicted octanol–water partition coefficient (Wildman–Crippen LogP) is 10.3. The molecule has 0 fully saturated rings. The molecule has 0 aliphatic heterocycles. The molecule has 2 heterocycles. The quantitative estimate of drug-likeness (QED) is 0.236. The highest BCUT2D eigenvalue weighted by Gasteiger charge is 2.14. The van der Waals surface area contributed by atoms with Gasteiger partial charge >= 0.3 is 0 Å². The highest BCUT2D eigenvalue weighted by molar-refractivity contribution is 7.19. The molecule has 0 saturated heterocycles. The van der Waals surface area contributed by atoms with E-state index in [0.29, 0.717) is 5.41 Å². The Kier molecular flexibility index (Phi) is 5.93. The van der Waals surface area contributed by atoms with E-state index >= 15 is 0 Å². The minimum atomic E-state index is 0.299. The first-order valence-corrected chi connectivity index (χ1v) is 13.7. The van der Waals surface area contributed by atoms with Gasteiger partial charge in [-0.15, -0.1) is 11.3 Å². The van der Waals surface area contributed by atoms with E-state index in [-0.39, 0.29) is 0 Å². The molecule has 0 aliphatic rings. The number of aromatic nitrogens is 1. The van der Waals surface area contributed by atoms with Gasteiger partial charge in [-0.3, -0.25) is 4.98 Å². The van der Waals surface area contributed by atoms with Crippen molar-refractivity contribution in [2.24, 2.45) is 5.41 Å². The summed E-state index contributed by atoms with van der Waals surface area (Å²) in [5, 5.41) is 3.89. The summed E-state index contributed by atoms with van der Waals surface area (Å²) < 4.78 is 1.31. The van der Waals surface area contributed by atoms with Gasteiger partial charge in [-0.05, 0) is 81.6 Å². The summed E-state index contributed by atoms with van der Waals surface area (Å²) >= 11 is 1.85. The number of rotatable bonds is 4. The molecular formula is C35H31NS. The number of fused-ring (bicyclic) bond motifs is 3. The summed E-state index contributed by atoms with van der Waals surface area (Å²) in [6, 6.07) is 35.5. The maximum Gasteiger partial charge on any atom is 0.0722 e. The molecule has 1 nitrogen and oxygen atoms in total. The number of thiophene rings is 1.